The summed E-state index contributed by atoms with van der Waals surface area (Å²) >= 11 is 10.1. The first-order valence-electron chi connectivity index (χ1n) is 23.0. The van der Waals surface area contributed by atoms with E-state index in [0.717, 1.165) is 78.7 Å². The minimum Gasteiger partial charge on any atom is -0.480 e. The van der Waals surface area contributed by atoms with Gasteiger partial charge in [0.05, 0.1) is 54.0 Å². The molecule has 2 atom stereocenters. The number of nitrogens with zero attached hydrogens (tertiary/aromatic N) is 8. The van der Waals surface area contributed by atoms with Crippen molar-refractivity contribution in [1.29, 1.82) is 0 Å². The maximum Gasteiger partial charge on any atom is 0.410 e. The second-order valence-electron chi connectivity index (χ2n) is 17.9. The number of nitrogens with one attached hydrogen (secondary N) is 4. The fraction of sp³-hybridized carbons (Fsp3) is 0.511. The molecular formula is C47H60Br2N12O6S2. The first-order chi connectivity index (χ1) is 32.9. The molecule has 2 aromatic carbocycles. The number of methoxy groups -OCH3 is 1. The molecule has 4 aromatic heterocycles. The van der Waals surface area contributed by atoms with Crippen LogP contribution in [0.4, 0.5) is 28.3 Å². The molecule has 10 rings (SSSR count). The quantitative estimate of drug-likeness (QED) is 0.107. The summed E-state index contributed by atoms with van der Waals surface area (Å²) < 4.78 is 26.4. The second kappa shape index (κ2) is 22.6. The number of piperidine rings is 2. The molecule has 0 bridgehead atoms. The van der Waals surface area contributed by atoms with E-state index < -0.39 is 5.60 Å². The number of benzene rings is 2. The van der Waals surface area contributed by atoms with Gasteiger partial charge in [0.1, 0.15) is 38.4 Å². The molecule has 0 saturated carbocycles. The molecule has 18 nitrogen and oxygen atoms in total. The summed E-state index contributed by atoms with van der Waals surface area (Å²) in [6.07, 6.45) is 3.60. The number of hydrogen-bond acceptors (Lipinski definition) is 18. The van der Waals surface area contributed by atoms with Gasteiger partial charge in [-0.25, -0.2) is 14.8 Å². The lowest BCUT2D eigenvalue weighted by molar-refractivity contribution is 0.0206. The molecule has 69 heavy (non-hydrogen) atoms. The lowest BCUT2D eigenvalue weighted by Gasteiger charge is -2.35. The van der Waals surface area contributed by atoms with Crippen LogP contribution < -0.4 is 36.0 Å². The highest BCUT2D eigenvalue weighted by Gasteiger charge is 2.31. The number of ether oxygens (including phenoxy) is 4. The van der Waals surface area contributed by atoms with Crippen molar-refractivity contribution >= 4 is 105 Å². The van der Waals surface area contributed by atoms with Gasteiger partial charge in [0.2, 0.25) is 17.8 Å². The average molecular weight is 1110 g/mol. The Morgan fingerprint density at radius 2 is 1.38 bits per heavy atom. The Hall–Kier alpha value is -4.71. The Morgan fingerprint density at radius 1 is 0.783 bits per heavy atom. The molecule has 0 unspecified atom stereocenters. The minimum absolute atomic E-state index is 0. The predicted octanol–water partition coefficient (Wildman–Crippen LogP) is 8.62. The average Bonchev–Trinajstić information content (AvgIpc) is 3.95. The molecule has 4 fully saturated rings. The zero-order valence-electron chi connectivity index (χ0n) is 38.5. The summed E-state index contributed by atoms with van der Waals surface area (Å²) in [5.74, 6) is 2.88. The van der Waals surface area contributed by atoms with Crippen LogP contribution in [-0.2, 0) is 14.2 Å². The van der Waals surface area contributed by atoms with E-state index in [4.69, 9.17) is 43.9 Å². The van der Waals surface area contributed by atoms with Crippen molar-refractivity contribution in [3.8, 4) is 27.0 Å². The molecule has 4 saturated heterocycles. The van der Waals surface area contributed by atoms with Crippen LogP contribution in [-0.4, -0.2) is 144 Å². The number of fused-ring (bicyclic) bond motifs is 2. The number of aromatic nitrogens is 6. The van der Waals surface area contributed by atoms with Crippen LogP contribution >= 0.6 is 54.5 Å². The number of rotatable bonds is 9. The van der Waals surface area contributed by atoms with E-state index in [1.807, 2.05) is 57.2 Å². The number of aromatic amines is 1. The number of carbonyl (C=O) groups excluding carboxylic acids is 1. The number of morpholine rings is 2. The molecule has 0 radical (unpaired) electrons. The highest BCUT2D eigenvalue weighted by molar-refractivity contribution is 9.10. The maximum atomic E-state index is 13.2. The summed E-state index contributed by atoms with van der Waals surface area (Å²) in [4.78, 5) is 59.2. The van der Waals surface area contributed by atoms with Gasteiger partial charge in [-0.05, 0) is 89.4 Å². The first kappa shape index (κ1) is 50.7. The van der Waals surface area contributed by atoms with E-state index in [1.54, 1.807) is 23.3 Å². The minimum atomic E-state index is -0.542. The predicted molar refractivity (Wildman–Crippen MR) is 283 cm³/mol. The van der Waals surface area contributed by atoms with E-state index in [2.05, 4.69) is 62.6 Å². The first-order valence-corrected chi connectivity index (χ1v) is 26.2. The molecular weight excluding hydrogens is 1050 g/mol. The van der Waals surface area contributed by atoms with Gasteiger partial charge in [-0.3, -0.25) is 9.78 Å². The number of hydrogen-bond donors (Lipinski definition) is 4. The monoisotopic (exact) mass is 1110 g/mol. The Bertz CT molecular complexity index is 2790. The van der Waals surface area contributed by atoms with Crippen molar-refractivity contribution in [1.82, 2.24) is 40.1 Å². The molecule has 0 spiro atoms. The Balaban J connectivity index is 0.000000188. The molecule has 1 amide bonds. The SMILES string of the molecule is C.COc1nc(N2CCOCC2)nc(N[C@@H]2CCCN(C(=O)OC(C)(C)C)C2)c1-c1nc2cc(Br)ccc2s1.O=c1[nH]c(N2CCOCC2)nc(N[C@@H]2CCCNC2)c1-c1nc2cc(Br)ccc2s1. The van der Waals surface area contributed by atoms with Gasteiger partial charge in [-0.1, -0.05) is 39.3 Å². The van der Waals surface area contributed by atoms with Crippen LogP contribution in [0.25, 0.3) is 41.6 Å². The van der Waals surface area contributed by atoms with E-state index >= 15 is 0 Å². The molecule has 370 valence electrons. The fourth-order valence-corrected chi connectivity index (χ4v) is 11.1. The zero-order chi connectivity index (χ0) is 47.4. The van der Waals surface area contributed by atoms with Crippen molar-refractivity contribution in [2.24, 2.45) is 0 Å². The van der Waals surface area contributed by atoms with Crippen LogP contribution in [0, 0.1) is 0 Å². The molecule has 4 N–H and O–H groups in total. The lowest BCUT2D eigenvalue weighted by Crippen LogP contribution is -2.47. The van der Waals surface area contributed by atoms with Crippen molar-refractivity contribution in [3.05, 3.63) is 55.7 Å². The molecule has 8 heterocycles. The summed E-state index contributed by atoms with van der Waals surface area (Å²) in [6, 6.07) is 12.2. The smallest absolute Gasteiger partial charge is 0.410 e. The number of likely N-dealkylation sites (tertiary alicyclic amines) is 1. The van der Waals surface area contributed by atoms with E-state index in [1.165, 1.54) is 11.3 Å². The summed E-state index contributed by atoms with van der Waals surface area (Å²) in [5, 5.41) is 12.0. The number of halogens is 2. The Labute approximate surface area is 426 Å². The third-order valence-corrected chi connectivity index (χ3v) is 14.8. The lowest BCUT2D eigenvalue weighted by atomic mass is 10.1. The van der Waals surface area contributed by atoms with Crippen molar-refractivity contribution in [2.45, 2.75) is 71.6 Å². The number of H-pyrrole nitrogens is 1. The van der Waals surface area contributed by atoms with Crippen molar-refractivity contribution < 1.29 is 23.7 Å². The number of thiazole rings is 2. The van der Waals surface area contributed by atoms with Gasteiger partial charge in [0.15, 0.2) is 0 Å². The summed E-state index contributed by atoms with van der Waals surface area (Å²) in [6.45, 7) is 14.0. The molecule has 22 heteroatoms. The Kier molecular flexibility index (Phi) is 16.6. The molecule has 0 aliphatic carbocycles. The van der Waals surface area contributed by atoms with Crippen LogP contribution in [0.3, 0.4) is 0 Å². The van der Waals surface area contributed by atoms with E-state index in [-0.39, 0.29) is 31.2 Å². The number of amides is 1. The van der Waals surface area contributed by atoms with Gasteiger partial charge in [-0.15, -0.1) is 22.7 Å². The van der Waals surface area contributed by atoms with E-state index in [9.17, 15) is 9.59 Å². The molecule has 4 aliphatic heterocycles. The third-order valence-electron chi connectivity index (χ3n) is 11.7. The summed E-state index contributed by atoms with van der Waals surface area (Å²) in [5.41, 5.74) is 2.27. The van der Waals surface area contributed by atoms with Gasteiger partial charge in [0.25, 0.3) is 5.56 Å². The molecule has 4 aliphatic rings. The largest absolute Gasteiger partial charge is 0.480 e. The van der Waals surface area contributed by atoms with Crippen molar-refractivity contribution in [3.63, 3.8) is 0 Å². The van der Waals surface area contributed by atoms with Crippen LogP contribution in [0.2, 0.25) is 0 Å². The van der Waals surface area contributed by atoms with Crippen LogP contribution in [0.15, 0.2) is 50.1 Å². The van der Waals surface area contributed by atoms with Gasteiger partial charge in [-0.2, -0.15) is 15.0 Å². The molecule has 6 aromatic rings. The fourth-order valence-electron chi connectivity index (χ4n) is 8.43. The highest BCUT2D eigenvalue weighted by Crippen LogP contribution is 2.41. The number of carbonyl (C=O) groups is 1. The van der Waals surface area contributed by atoms with Crippen molar-refractivity contribution in [2.75, 3.05) is 106 Å². The standard InChI is InChI=1S/C26H33BrN6O4S.C20H23BrN6O2S.CH4/c1-26(2,3)37-25(34)33-9-5-6-17(15-33)28-21-20(23-29-18-14-16(27)7-8-19(18)38-23)22(35-4)31-24(30-21)32-10-12-36-13-11-32;21-12-3-4-15-14(10-12)24-19(30-15)16-17(23-13-2-1-5-22-11-13)25-20(26-18(16)28)27-6-8-29-9-7-27;/h7-8,14,17H,5-6,9-13,15H2,1-4H3,(H,28,30,31);3-4,10,13,22H,1-2,5-9,11H2,(H2,23,25,26,28);1H4/t17-;13-;/m11./s1. The maximum absolute atomic E-state index is 13.2. The number of anilines is 4. The van der Waals surface area contributed by atoms with Gasteiger partial charge < -0.3 is 49.6 Å². The highest BCUT2D eigenvalue weighted by atomic mass is 79.9. The van der Waals surface area contributed by atoms with Crippen LogP contribution in [0.5, 0.6) is 5.88 Å². The van der Waals surface area contributed by atoms with Gasteiger partial charge in [0, 0.05) is 66.8 Å². The zero-order valence-corrected chi connectivity index (χ0v) is 43.3. The second-order valence-corrected chi connectivity index (χ2v) is 21.8. The van der Waals surface area contributed by atoms with Gasteiger partial charge >= 0.3 is 6.09 Å². The van der Waals surface area contributed by atoms with E-state index in [0.29, 0.717) is 106 Å². The normalized spacial score (nSPS) is 18.8. The Morgan fingerprint density at radius 3 is 1.99 bits per heavy atom. The third kappa shape index (κ3) is 12.4. The summed E-state index contributed by atoms with van der Waals surface area (Å²) in [7, 11) is 1.62. The van der Waals surface area contributed by atoms with Crippen LogP contribution in [0.1, 0.15) is 53.9 Å². The topological polar surface area (TPSA) is 197 Å².